The van der Waals surface area contributed by atoms with Gasteiger partial charge in [-0.05, 0) is 49.9 Å². The Bertz CT molecular complexity index is 831. The fourth-order valence-electron chi connectivity index (χ4n) is 3.86. The van der Waals surface area contributed by atoms with Gasteiger partial charge in [0.05, 0.1) is 12.2 Å². The first-order valence-electron chi connectivity index (χ1n) is 10.6. The van der Waals surface area contributed by atoms with Crippen LogP contribution in [0.4, 0.5) is 0 Å². The van der Waals surface area contributed by atoms with Gasteiger partial charge >= 0.3 is 0 Å². The molecule has 0 saturated heterocycles. The van der Waals surface area contributed by atoms with Gasteiger partial charge in [0.1, 0.15) is 23.8 Å². The summed E-state index contributed by atoms with van der Waals surface area (Å²) >= 11 is 0. The highest BCUT2D eigenvalue weighted by molar-refractivity contribution is 5.97. The molecule has 0 unspecified atom stereocenters. The van der Waals surface area contributed by atoms with E-state index in [-0.39, 0.29) is 23.5 Å². The number of carbonyl (C=O) groups excluding carboxylic acids is 2. The second-order valence-corrected chi connectivity index (χ2v) is 8.58. The third kappa shape index (κ3) is 5.31. The van der Waals surface area contributed by atoms with E-state index < -0.39 is 0 Å². The molecule has 6 heteroatoms. The van der Waals surface area contributed by atoms with E-state index in [4.69, 9.17) is 4.74 Å². The Morgan fingerprint density at radius 3 is 2.28 bits per heavy atom. The lowest BCUT2D eigenvalue weighted by molar-refractivity contribution is -0.127. The summed E-state index contributed by atoms with van der Waals surface area (Å²) < 4.78 is 7.71. The van der Waals surface area contributed by atoms with Crippen molar-refractivity contribution in [2.24, 2.45) is 17.8 Å². The van der Waals surface area contributed by atoms with Crippen molar-refractivity contribution in [2.45, 2.75) is 66.0 Å². The van der Waals surface area contributed by atoms with Gasteiger partial charge in [-0.25, -0.2) is 4.68 Å². The maximum absolute atomic E-state index is 12.2. The molecule has 0 amide bonds. The molecule has 29 heavy (non-hydrogen) atoms. The number of ether oxygens (including phenoxy) is 1. The van der Waals surface area contributed by atoms with Gasteiger partial charge in [-0.1, -0.05) is 32.9 Å². The minimum atomic E-state index is -0.0182. The summed E-state index contributed by atoms with van der Waals surface area (Å²) in [5.41, 5.74) is 1.47. The number of hydrogen-bond acceptors (Lipinski definition) is 5. The maximum atomic E-state index is 12.2. The SMILES string of the molecule is CC(C)C(=O)c1ccc(OCc2cn(C3CCC(C(=O)C(C)C)CC3)nn2)cc1. The van der Waals surface area contributed by atoms with E-state index in [0.717, 1.165) is 31.4 Å². The van der Waals surface area contributed by atoms with Crippen molar-refractivity contribution < 1.29 is 14.3 Å². The molecule has 1 saturated carbocycles. The second-order valence-electron chi connectivity index (χ2n) is 8.58. The molecule has 1 aromatic carbocycles. The summed E-state index contributed by atoms with van der Waals surface area (Å²) in [4.78, 5) is 24.2. The number of aromatic nitrogens is 3. The number of hydrogen-bond donors (Lipinski definition) is 0. The average Bonchev–Trinajstić information content (AvgIpc) is 3.20. The molecule has 1 fully saturated rings. The van der Waals surface area contributed by atoms with Crippen molar-refractivity contribution in [1.82, 2.24) is 15.0 Å². The normalized spacial score (nSPS) is 19.5. The molecule has 0 atom stereocenters. The van der Waals surface area contributed by atoms with E-state index >= 15 is 0 Å². The molecule has 0 aliphatic heterocycles. The highest BCUT2D eigenvalue weighted by atomic mass is 16.5. The molecule has 1 aromatic heterocycles. The number of rotatable bonds is 8. The van der Waals surface area contributed by atoms with Gasteiger partial charge in [-0.2, -0.15) is 0 Å². The molecule has 0 N–H and O–H groups in total. The molecular formula is C23H31N3O3. The van der Waals surface area contributed by atoms with Gasteiger partial charge in [0.15, 0.2) is 5.78 Å². The molecule has 0 spiro atoms. The predicted molar refractivity (Wildman–Crippen MR) is 111 cm³/mol. The third-order valence-electron chi connectivity index (χ3n) is 5.65. The third-order valence-corrected chi connectivity index (χ3v) is 5.65. The smallest absolute Gasteiger partial charge is 0.165 e. The number of nitrogens with zero attached hydrogens (tertiary/aromatic N) is 3. The number of Topliss-reactive ketones (excluding diaryl/α,β-unsaturated/α-hetero) is 2. The van der Waals surface area contributed by atoms with Crippen LogP contribution in [0, 0.1) is 17.8 Å². The number of ketones is 2. The van der Waals surface area contributed by atoms with Crippen LogP contribution in [0.15, 0.2) is 30.5 Å². The second kappa shape index (κ2) is 9.33. The minimum Gasteiger partial charge on any atom is -0.487 e. The van der Waals surface area contributed by atoms with Crippen LogP contribution in [0.3, 0.4) is 0 Å². The lowest BCUT2D eigenvalue weighted by Crippen LogP contribution is -2.26. The van der Waals surface area contributed by atoms with Crippen LogP contribution in [-0.4, -0.2) is 26.6 Å². The molecule has 1 aliphatic carbocycles. The van der Waals surface area contributed by atoms with E-state index in [1.165, 1.54) is 0 Å². The molecule has 156 valence electrons. The molecular weight excluding hydrogens is 366 g/mol. The Hall–Kier alpha value is -2.50. The molecule has 0 bridgehead atoms. The summed E-state index contributed by atoms with van der Waals surface area (Å²) in [5, 5.41) is 8.50. The molecule has 1 heterocycles. The largest absolute Gasteiger partial charge is 0.487 e. The van der Waals surface area contributed by atoms with Gasteiger partial charge in [0.25, 0.3) is 0 Å². The van der Waals surface area contributed by atoms with Crippen LogP contribution in [0.25, 0.3) is 0 Å². The topological polar surface area (TPSA) is 74.1 Å². The van der Waals surface area contributed by atoms with E-state index in [9.17, 15) is 9.59 Å². The average molecular weight is 398 g/mol. The zero-order valence-corrected chi connectivity index (χ0v) is 17.8. The molecule has 2 aromatic rings. The lowest BCUT2D eigenvalue weighted by Gasteiger charge is -2.28. The maximum Gasteiger partial charge on any atom is 0.165 e. The van der Waals surface area contributed by atoms with E-state index in [1.54, 1.807) is 12.1 Å². The van der Waals surface area contributed by atoms with Crippen LogP contribution < -0.4 is 4.74 Å². The van der Waals surface area contributed by atoms with E-state index in [0.29, 0.717) is 29.7 Å². The summed E-state index contributed by atoms with van der Waals surface area (Å²) in [6.07, 6.45) is 5.70. The lowest BCUT2D eigenvalue weighted by atomic mass is 9.80. The summed E-state index contributed by atoms with van der Waals surface area (Å²) in [7, 11) is 0. The number of benzene rings is 1. The Balaban J connectivity index is 1.51. The highest BCUT2D eigenvalue weighted by Gasteiger charge is 2.28. The number of carbonyl (C=O) groups is 2. The molecule has 1 aliphatic rings. The van der Waals surface area contributed by atoms with E-state index in [2.05, 4.69) is 10.3 Å². The van der Waals surface area contributed by atoms with Crippen LogP contribution in [0.2, 0.25) is 0 Å². The summed E-state index contributed by atoms with van der Waals surface area (Å²) in [6, 6.07) is 7.52. The van der Waals surface area contributed by atoms with Gasteiger partial charge in [-0.3, -0.25) is 9.59 Å². The van der Waals surface area contributed by atoms with Crippen LogP contribution in [0.1, 0.15) is 75.5 Å². The van der Waals surface area contributed by atoms with Crippen molar-refractivity contribution in [3.05, 3.63) is 41.7 Å². The van der Waals surface area contributed by atoms with E-state index in [1.807, 2.05) is 50.7 Å². The fraction of sp³-hybridized carbons (Fsp3) is 0.565. The quantitative estimate of drug-likeness (QED) is 0.606. The first-order chi connectivity index (χ1) is 13.8. The van der Waals surface area contributed by atoms with Crippen molar-refractivity contribution in [3.63, 3.8) is 0 Å². The fourth-order valence-corrected chi connectivity index (χ4v) is 3.86. The predicted octanol–water partition coefficient (Wildman–Crippen LogP) is 4.65. The van der Waals surface area contributed by atoms with Crippen LogP contribution in [0.5, 0.6) is 5.75 Å². The standard InChI is InChI=1S/C23H31N3O3/c1-15(2)22(27)17-5-9-20(10-6-17)26-13-19(24-25-26)14-29-21-11-7-18(8-12-21)23(28)16(3)4/h7-8,11-13,15-17,20H,5-6,9-10,14H2,1-4H3. The van der Waals surface area contributed by atoms with Gasteiger partial charge < -0.3 is 4.74 Å². The van der Waals surface area contributed by atoms with Crippen LogP contribution in [-0.2, 0) is 11.4 Å². The van der Waals surface area contributed by atoms with Crippen molar-refractivity contribution in [2.75, 3.05) is 0 Å². The van der Waals surface area contributed by atoms with Crippen molar-refractivity contribution in [1.29, 1.82) is 0 Å². The first-order valence-corrected chi connectivity index (χ1v) is 10.6. The zero-order chi connectivity index (χ0) is 21.0. The van der Waals surface area contributed by atoms with Gasteiger partial charge in [0.2, 0.25) is 0 Å². The van der Waals surface area contributed by atoms with Gasteiger partial charge in [0, 0.05) is 23.3 Å². The Kier molecular flexibility index (Phi) is 6.83. The van der Waals surface area contributed by atoms with Gasteiger partial charge in [-0.15, -0.1) is 5.10 Å². The van der Waals surface area contributed by atoms with Crippen molar-refractivity contribution in [3.8, 4) is 5.75 Å². The minimum absolute atomic E-state index is 0.0182. The first kappa shape index (κ1) is 21.2. The Morgan fingerprint density at radius 1 is 1.03 bits per heavy atom. The monoisotopic (exact) mass is 397 g/mol. The molecule has 0 radical (unpaired) electrons. The van der Waals surface area contributed by atoms with Crippen LogP contribution >= 0.6 is 0 Å². The highest BCUT2D eigenvalue weighted by Crippen LogP contribution is 2.33. The Labute approximate surface area is 172 Å². The summed E-state index contributed by atoms with van der Waals surface area (Å²) in [5.74, 6) is 1.51. The van der Waals surface area contributed by atoms with Crippen molar-refractivity contribution >= 4 is 11.6 Å². The Morgan fingerprint density at radius 2 is 1.69 bits per heavy atom. The summed E-state index contributed by atoms with van der Waals surface area (Å²) in [6.45, 7) is 8.08. The molecule has 3 rings (SSSR count). The zero-order valence-electron chi connectivity index (χ0n) is 17.8. The molecule has 6 nitrogen and oxygen atoms in total.